The summed E-state index contributed by atoms with van der Waals surface area (Å²) in [5.74, 6) is 2.57. The fourth-order valence-electron chi connectivity index (χ4n) is 1.61. The van der Waals surface area contributed by atoms with E-state index < -0.39 is 0 Å². The first-order chi connectivity index (χ1) is 7.63. The Morgan fingerprint density at radius 3 is 2.75 bits per heavy atom. The number of nitrogens with one attached hydrogen (secondary N) is 1. The van der Waals surface area contributed by atoms with Crippen LogP contribution >= 0.6 is 0 Å². The highest BCUT2D eigenvalue weighted by atomic mass is 15.1. The molecule has 0 fully saturated rings. The van der Waals surface area contributed by atoms with Gasteiger partial charge in [-0.1, -0.05) is 34.1 Å². The fraction of sp³-hybridized carbons (Fsp3) is 0.769. The van der Waals surface area contributed by atoms with Crippen LogP contribution in [0.3, 0.4) is 0 Å². The van der Waals surface area contributed by atoms with Crippen LogP contribution in [0.25, 0.3) is 0 Å². The minimum absolute atomic E-state index is 0.693. The first-order valence-electron chi connectivity index (χ1n) is 6.34. The highest BCUT2D eigenvalue weighted by molar-refractivity contribution is 4.92. The Morgan fingerprint density at radius 2 is 2.12 bits per heavy atom. The molecular formula is C13H25N3. The maximum Gasteiger partial charge on any atom is 0.122 e. The van der Waals surface area contributed by atoms with Gasteiger partial charge in [0.15, 0.2) is 0 Å². The van der Waals surface area contributed by atoms with E-state index in [1.165, 1.54) is 6.42 Å². The third-order valence-corrected chi connectivity index (χ3v) is 2.84. The van der Waals surface area contributed by atoms with E-state index >= 15 is 0 Å². The summed E-state index contributed by atoms with van der Waals surface area (Å²) in [6.45, 7) is 12.0. The zero-order valence-corrected chi connectivity index (χ0v) is 11.0. The van der Waals surface area contributed by atoms with Crippen LogP contribution in [0.4, 0.5) is 0 Å². The maximum atomic E-state index is 4.40. The van der Waals surface area contributed by atoms with Gasteiger partial charge in [0.05, 0.1) is 6.54 Å². The summed E-state index contributed by atoms with van der Waals surface area (Å²) in [6.07, 6.45) is 5.20. The van der Waals surface area contributed by atoms with Crippen LogP contribution in [-0.2, 0) is 13.1 Å². The molecule has 0 radical (unpaired) electrons. The Bertz CT molecular complexity index is 291. The molecule has 3 nitrogen and oxygen atoms in total. The van der Waals surface area contributed by atoms with Crippen LogP contribution in [-0.4, -0.2) is 16.1 Å². The van der Waals surface area contributed by atoms with Gasteiger partial charge in [-0.2, -0.15) is 0 Å². The zero-order valence-electron chi connectivity index (χ0n) is 11.0. The fourth-order valence-corrected chi connectivity index (χ4v) is 1.61. The van der Waals surface area contributed by atoms with E-state index in [9.17, 15) is 0 Å². The maximum absolute atomic E-state index is 4.40. The van der Waals surface area contributed by atoms with E-state index in [1.54, 1.807) is 0 Å². The predicted octanol–water partition coefficient (Wildman–Crippen LogP) is 2.67. The monoisotopic (exact) mass is 223 g/mol. The minimum Gasteiger partial charge on any atom is -0.334 e. The number of rotatable bonds is 7. The van der Waals surface area contributed by atoms with Crippen LogP contribution < -0.4 is 5.32 Å². The molecule has 92 valence electrons. The van der Waals surface area contributed by atoms with Gasteiger partial charge in [-0.3, -0.25) is 0 Å². The predicted molar refractivity (Wildman–Crippen MR) is 68.2 cm³/mol. The molecule has 1 unspecified atom stereocenters. The molecule has 1 aromatic rings. The average Bonchev–Trinajstić information content (AvgIpc) is 2.65. The highest BCUT2D eigenvalue weighted by Gasteiger charge is 2.05. The molecule has 16 heavy (non-hydrogen) atoms. The smallest absolute Gasteiger partial charge is 0.122 e. The summed E-state index contributed by atoms with van der Waals surface area (Å²) in [4.78, 5) is 4.40. The second-order valence-corrected chi connectivity index (χ2v) is 5.03. The van der Waals surface area contributed by atoms with Gasteiger partial charge in [-0.25, -0.2) is 4.98 Å². The lowest BCUT2D eigenvalue weighted by molar-refractivity contribution is 0.447. The molecule has 0 aromatic carbocycles. The summed E-state index contributed by atoms with van der Waals surface area (Å²) in [6, 6.07) is 0. The molecule has 0 aliphatic heterocycles. The largest absolute Gasteiger partial charge is 0.334 e. The molecular weight excluding hydrogens is 198 g/mol. The van der Waals surface area contributed by atoms with E-state index in [1.807, 2.05) is 6.20 Å². The Labute approximate surface area is 99.3 Å². The third kappa shape index (κ3) is 4.35. The quantitative estimate of drug-likeness (QED) is 0.770. The van der Waals surface area contributed by atoms with Crippen molar-refractivity contribution in [2.24, 2.45) is 11.8 Å². The molecule has 0 spiro atoms. The summed E-state index contributed by atoms with van der Waals surface area (Å²) in [5.41, 5.74) is 0. The van der Waals surface area contributed by atoms with Crippen LogP contribution in [0.5, 0.6) is 0 Å². The van der Waals surface area contributed by atoms with Gasteiger partial charge in [0.2, 0.25) is 0 Å². The molecule has 0 saturated heterocycles. The first-order valence-corrected chi connectivity index (χ1v) is 6.34. The lowest BCUT2D eigenvalue weighted by Gasteiger charge is -2.13. The van der Waals surface area contributed by atoms with E-state index in [0.29, 0.717) is 5.92 Å². The van der Waals surface area contributed by atoms with Gasteiger partial charge in [0, 0.05) is 18.9 Å². The summed E-state index contributed by atoms with van der Waals surface area (Å²) < 4.78 is 2.27. The van der Waals surface area contributed by atoms with Crippen molar-refractivity contribution in [3.8, 4) is 0 Å². The molecule has 3 heteroatoms. The molecule has 0 aliphatic rings. The van der Waals surface area contributed by atoms with Gasteiger partial charge in [-0.05, 0) is 18.4 Å². The Morgan fingerprint density at radius 1 is 1.38 bits per heavy atom. The van der Waals surface area contributed by atoms with Gasteiger partial charge >= 0.3 is 0 Å². The van der Waals surface area contributed by atoms with Crippen LogP contribution in [0.2, 0.25) is 0 Å². The molecule has 1 N–H and O–H groups in total. The normalized spacial score (nSPS) is 13.3. The number of nitrogens with zero attached hydrogens (tertiary/aromatic N) is 2. The number of hydrogen-bond acceptors (Lipinski definition) is 2. The van der Waals surface area contributed by atoms with Gasteiger partial charge < -0.3 is 9.88 Å². The Balaban J connectivity index is 2.44. The average molecular weight is 223 g/mol. The van der Waals surface area contributed by atoms with Crippen molar-refractivity contribution in [2.75, 3.05) is 6.54 Å². The van der Waals surface area contributed by atoms with Crippen molar-refractivity contribution in [1.29, 1.82) is 0 Å². The lowest BCUT2D eigenvalue weighted by Crippen LogP contribution is -2.22. The zero-order chi connectivity index (χ0) is 12.0. The molecule has 0 amide bonds. The van der Waals surface area contributed by atoms with Crippen molar-refractivity contribution in [3.05, 3.63) is 18.2 Å². The molecule has 1 heterocycles. The molecule has 0 bridgehead atoms. The summed E-state index contributed by atoms with van der Waals surface area (Å²) in [7, 11) is 0. The Hall–Kier alpha value is -0.830. The van der Waals surface area contributed by atoms with Crippen molar-refractivity contribution in [2.45, 2.75) is 47.2 Å². The van der Waals surface area contributed by atoms with Gasteiger partial charge in [0.1, 0.15) is 5.82 Å². The number of imidazole rings is 1. The second-order valence-electron chi connectivity index (χ2n) is 5.03. The van der Waals surface area contributed by atoms with Crippen molar-refractivity contribution in [1.82, 2.24) is 14.9 Å². The van der Waals surface area contributed by atoms with E-state index in [4.69, 9.17) is 0 Å². The van der Waals surface area contributed by atoms with Crippen LogP contribution in [0.1, 0.15) is 39.9 Å². The highest BCUT2D eigenvalue weighted by Crippen LogP contribution is 2.07. The topological polar surface area (TPSA) is 29.9 Å². The number of aromatic nitrogens is 2. The van der Waals surface area contributed by atoms with Crippen LogP contribution in [0, 0.1) is 11.8 Å². The summed E-state index contributed by atoms with van der Waals surface area (Å²) in [5, 5.41) is 3.44. The SMILES string of the molecule is CCC(C)Cn1ccnc1CNCC(C)C. The van der Waals surface area contributed by atoms with Crippen molar-refractivity contribution in [3.63, 3.8) is 0 Å². The Kier molecular flexibility index (Phi) is 5.53. The molecule has 1 atom stereocenters. The second kappa shape index (κ2) is 6.69. The summed E-state index contributed by atoms with van der Waals surface area (Å²) >= 11 is 0. The minimum atomic E-state index is 0.693. The van der Waals surface area contributed by atoms with Crippen LogP contribution in [0.15, 0.2) is 12.4 Å². The molecule has 0 saturated carbocycles. The van der Waals surface area contributed by atoms with E-state index in [2.05, 4.69) is 48.8 Å². The van der Waals surface area contributed by atoms with Gasteiger partial charge in [0.25, 0.3) is 0 Å². The van der Waals surface area contributed by atoms with E-state index in [-0.39, 0.29) is 0 Å². The third-order valence-electron chi connectivity index (χ3n) is 2.84. The van der Waals surface area contributed by atoms with Gasteiger partial charge in [-0.15, -0.1) is 0 Å². The van der Waals surface area contributed by atoms with E-state index in [0.717, 1.165) is 31.4 Å². The lowest BCUT2D eigenvalue weighted by atomic mass is 10.1. The first kappa shape index (κ1) is 13.2. The molecule has 1 aromatic heterocycles. The molecule has 1 rings (SSSR count). The molecule has 0 aliphatic carbocycles. The van der Waals surface area contributed by atoms with Crippen molar-refractivity contribution >= 4 is 0 Å². The van der Waals surface area contributed by atoms with Crippen molar-refractivity contribution < 1.29 is 0 Å². The standard InChI is InChI=1S/C13H25N3/c1-5-12(4)10-16-7-6-15-13(16)9-14-8-11(2)3/h6-7,11-12,14H,5,8-10H2,1-4H3. The number of hydrogen-bond donors (Lipinski definition) is 1.